The number of aromatic nitrogens is 2. The van der Waals surface area contributed by atoms with E-state index in [1.165, 1.54) is 16.8 Å². The van der Waals surface area contributed by atoms with Crippen molar-refractivity contribution >= 4 is 56.3 Å². The summed E-state index contributed by atoms with van der Waals surface area (Å²) in [6, 6.07) is 3.50. The Hall–Kier alpha value is -1.85. The van der Waals surface area contributed by atoms with Gasteiger partial charge in [0.25, 0.3) is 0 Å². The molecule has 2 aromatic rings. The first-order valence-corrected chi connectivity index (χ1v) is 9.86. The van der Waals surface area contributed by atoms with Gasteiger partial charge in [0.15, 0.2) is 11.6 Å². The summed E-state index contributed by atoms with van der Waals surface area (Å²) in [4.78, 5) is 15.1. The lowest BCUT2D eigenvalue weighted by molar-refractivity contribution is -0.118. The topological polar surface area (TPSA) is 59.4 Å². The molecular formula is C17H15BrClF3N4O2S. The predicted molar refractivity (Wildman–Crippen MR) is 109 cm³/mol. The van der Waals surface area contributed by atoms with Crippen LogP contribution in [-0.2, 0) is 11.8 Å². The van der Waals surface area contributed by atoms with Gasteiger partial charge in [-0.3, -0.25) is 9.48 Å². The molecule has 1 aliphatic rings. The molecule has 0 saturated carbocycles. The molecule has 1 fully saturated rings. The summed E-state index contributed by atoms with van der Waals surface area (Å²) in [6.07, 6.45) is 0. The molecule has 0 aliphatic carbocycles. The van der Waals surface area contributed by atoms with E-state index < -0.39 is 35.9 Å². The van der Waals surface area contributed by atoms with Gasteiger partial charge in [-0.1, -0.05) is 29.9 Å². The number of ether oxygens (including phenoxy) is 1. The molecule has 1 aliphatic heterocycles. The zero-order chi connectivity index (χ0) is 21.5. The maximum Gasteiger partial charge on any atom is 0.387 e. The van der Waals surface area contributed by atoms with Gasteiger partial charge < -0.3 is 15.0 Å². The Kier molecular flexibility index (Phi) is 6.39. The monoisotopic (exact) mass is 510 g/mol. The lowest BCUT2D eigenvalue weighted by Gasteiger charge is -2.18. The van der Waals surface area contributed by atoms with Crippen molar-refractivity contribution in [1.82, 2.24) is 14.7 Å². The average Bonchev–Trinajstić information content (AvgIpc) is 3.08. The minimum absolute atomic E-state index is 0.218. The molecule has 0 radical (unpaired) electrons. The minimum atomic E-state index is -3.25. The van der Waals surface area contributed by atoms with Gasteiger partial charge in [-0.15, -0.1) is 0 Å². The predicted octanol–water partition coefficient (Wildman–Crippen LogP) is 4.19. The summed E-state index contributed by atoms with van der Waals surface area (Å²) in [5.74, 6) is -3.66. The number of anilines is 1. The number of para-hydroxylation sites is 1. The van der Waals surface area contributed by atoms with Crippen LogP contribution in [0.1, 0.15) is 11.6 Å². The second-order valence-electron chi connectivity index (χ2n) is 6.40. The summed E-state index contributed by atoms with van der Waals surface area (Å²) in [5.41, 5.74) is 0.317. The Balaban J connectivity index is 1.94. The molecule has 12 heteroatoms. The zero-order valence-corrected chi connectivity index (χ0v) is 18.3. The molecule has 156 valence electrons. The summed E-state index contributed by atoms with van der Waals surface area (Å²) in [5, 5.41) is 7.17. The molecule has 0 spiro atoms. The van der Waals surface area contributed by atoms with Crippen molar-refractivity contribution in [3.8, 4) is 5.75 Å². The summed E-state index contributed by atoms with van der Waals surface area (Å²) in [6.45, 7) is -2.85. The Morgan fingerprint density at radius 2 is 2.14 bits per heavy atom. The molecule has 29 heavy (non-hydrogen) atoms. The van der Waals surface area contributed by atoms with Crippen LogP contribution in [0.2, 0.25) is 5.15 Å². The molecule has 2 atom stereocenters. The lowest BCUT2D eigenvalue weighted by Crippen LogP contribution is -2.32. The Morgan fingerprint density at radius 3 is 2.72 bits per heavy atom. The number of hydrogen-bond acceptors (Lipinski definition) is 4. The first-order chi connectivity index (χ1) is 13.6. The highest BCUT2D eigenvalue weighted by molar-refractivity contribution is 9.10. The van der Waals surface area contributed by atoms with Gasteiger partial charge in [0.05, 0.1) is 26.8 Å². The molecule has 0 unspecified atom stereocenters. The summed E-state index contributed by atoms with van der Waals surface area (Å²) >= 11 is 15.0. The highest BCUT2D eigenvalue weighted by Crippen LogP contribution is 2.40. The highest BCUT2D eigenvalue weighted by atomic mass is 79.9. The van der Waals surface area contributed by atoms with Crippen LogP contribution in [0.15, 0.2) is 22.7 Å². The van der Waals surface area contributed by atoms with Crippen LogP contribution in [-0.4, -0.2) is 45.8 Å². The van der Waals surface area contributed by atoms with Crippen molar-refractivity contribution in [3.63, 3.8) is 0 Å². The van der Waals surface area contributed by atoms with Gasteiger partial charge in [0.1, 0.15) is 5.15 Å². The standard InChI is InChI=1S/C17H15BrClF3N4O2S/c1-25-6-7(12-11(18)14(19)26(2)24-12)10(16(25)29)15(27)23-9-5-3-4-8(20)13(9)28-17(21)22/h3-5,7,10,17H,6H2,1-2H3,(H,23,27)/t7-,10-/m0/s1. The number of amides is 1. The van der Waals surface area contributed by atoms with Crippen molar-refractivity contribution in [1.29, 1.82) is 0 Å². The third-order valence-corrected chi connectivity index (χ3v) is 6.54. The van der Waals surface area contributed by atoms with Crippen LogP contribution in [0.4, 0.5) is 18.9 Å². The lowest BCUT2D eigenvalue weighted by atomic mass is 9.92. The maximum absolute atomic E-state index is 13.9. The van der Waals surface area contributed by atoms with Gasteiger partial charge >= 0.3 is 6.61 Å². The van der Waals surface area contributed by atoms with Crippen LogP contribution in [0, 0.1) is 11.7 Å². The van der Waals surface area contributed by atoms with Crippen LogP contribution >= 0.6 is 39.7 Å². The number of thiocarbonyl (C=S) groups is 1. The van der Waals surface area contributed by atoms with E-state index in [1.54, 1.807) is 19.0 Å². The van der Waals surface area contributed by atoms with Crippen LogP contribution in [0.25, 0.3) is 0 Å². The SMILES string of the molecule is CN1C[C@H](c2nn(C)c(Cl)c2Br)[C@@H](C(=O)Nc2cccc(F)c2OC(F)F)C1=S. The molecule has 1 N–H and O–H groups in total. The van der Waals surface area contributed by atoms with E-state index in [0.717, 1.165) is 6.07 Å². The zero-order valence-electron chi connectivity index (χ0n) is 15.1. The number of nitrogens with zero attached hydrogens (tertiary/aromatic N) is 3. The van der Waals surface area contributed by atoms with Crippen LogP contribution in [0.3, 0.4) is 0 Å². The van der Waals surface area contributed by atoms with E-state index in [0.29, 0.717) is 26.9 Å². The fraction of sp³-hybridized carbons (Fsp3) is 0.353. The Labute approximate surface area is 183 Å². The molecule has 1 amide bonds. The van der Waals surface area contributed by atoms with E-state index in [2.05, 4.69) is 31.1 Å². The second-order valence-corrected chi connectivity index (χ2v) is 7.97. The van der Waals surface area contributed by atoms with Gasteiger partial charge in [0.2, 0.25) is 5.91 Å². The number of carbonyl (C=O) groups excluding carboxylic acids is 1. The first-order valence-electron chi connectivity index (χ1n) is 8.28. The van der Waals surface area contributed by atoms with E-state index in [1.807, 2.05) is 0 Å². The Morgan fingerprint density at radius 1 is 1.45 bits per heavy atom. The van der Waals surface area contributed by atoms with E-state index in [-0.39, 0.29) is 5.69 Å². The molecule has 1 aromatic carbocycles. The number of halogens is 5. The fourth-order valence-corrected chi connectivity index (χ4v) is 4.31. The number of aryl methyl sites for hydroxylation is 1. The normalized spacial score (nSPS) is 19.2. The highest BCUT2D eigenvalue weighted by Gasteiger charge is 2.44. The van der Waals surface area contributed by atoms with Crippen molar-refractivity contribution in [3.05, 3.63) is 39.3 Å². The smallest absolute Gasteiger partial charge is 0.387 e. The van der Waals surface area contributed by atoms with Gasteiger partial charge in [0, 0.05) is 26.6 Å². The number of hydrogen-bond donors (Lipinski definition) is 1. The number of likely N-dealkylation sites (N-methyl/N-ethyl adjacent to an activating group) is 1. The van der Waals surface area contributed by atoms with Gasteiger partial charge in [-0.2, -0.15) is 13.9 Å². The molecule has 1 aromatic heterocycles. The molecule has 1 saturated heterocycles. The number of rotatable bonds is 5. The third kappa shape index (κ3) is 4.22. The third-order valence-electron chi connectivity index (χ3n) is 4.53. The molecule has 0 bridgehead atoms. The molecule has 3 rings (SSSR count). The average molecular weight is 512 g/mol. The van der Waals surface area contributed by atoms with Crippen molar-refractivity contribution in [2.45, 2.75) is 12.5 Å². The van der Waals surface area contributed by atoms with E-state index >= 15 is 0 Å². The van der Waals surface area contributed by atoms with E-state index in [9.17, 15) is 18.0 Å². The molecular weight excluding hydrogens is 497 g/mol. The Bertz CT molecular complexity index is 974. The van der Waals surface area contributed by atoms with Crippen molar-refractivity contribution in [2.24, 2.45) is 13.0 Å². The van der Waals surface area contributed by atoms with Gasteiger partial charge in [-0.05, 0) is 28.1 Å². The number of carbonyl (C=O) groups is 1. The van der Waals surface area contributed by atoms with E-state index in [4.69, 9.17) is 23.8 Å². The van der Waals surface area contributed by atoms with Crippen LogP contribution < -0.4 is 10.1 Å². The van der Waals surface area contributed by atoms with Crippen molar-refractivity contribution < 1.29 is 22.7 Å². The minimum Gasteiger partial charge on any atom is -0.429 e. The first kappa shape index (κ1) is 21.8. The quantitative estimate of drug-likeness (QED) is 0.610. The molecule has 2 heterocycles. The largest absolute Gasteiger partial charge is 0.429 e. The number of nitrogens with one attached hydrogen (secondary N) is 1. The summed E-state index contributed by atoms with van der Waals surface area (Å²) < 4.78 is 45.5. The number of likely N-dealkylation sites (tertiary alicyclic amines) is 1. The van der Waals surface area contributed by atoms with Gasteiger partial charge in [-0.25, -0.2) is 4.39 Å². The maximum atomic E-state index is 13.9. The fourth-order valence-electron chi connectivity index (χ4n) is 3.20. The van der Waals surface area contributed by atoms with Crippen molar-refractivity contribution in [2.75, 3.05) is 18.9 Å². The number of benzene rings is 1. The van der Waals surface area contributed by atoms with Crippen LogP contribution in [0.5, 0.6) is 5.75 Å². The molecule has 6 nitrogen and oxygen atoms in total. The summed E-state index contributed by atoms with van der Waals surface area (Å²) in [7, 11) is 3.39. The second kappa shape index (κ2) is 8.49. The number of alkyl halides is 2.